The molecule has 0 amide bonds. The molecule has 0 saturated carbocycles. The molecule has 0 spiro atoms. The molecule has 1 heterocycles. The van der Waals surface area contributed by atoms with Crippen LogP contribution in [0.15, 0.2) is 35.7 Å². The molecule has 0 aliphatic carbocycles. The van der Waals surface area contributed by atoms with Gasteiger partial charge in [-0.25, -0.2) is 0 Å². The average Bonchev–Trinajstić information content (AvgIpc) is 2.75. The molecule has 1 aromatic carbocycles. The summed E-state index contributed by atoms with van der Waals surface area (Å²) < 4.78 is 1.90. The Hall–Kier alpha value is -1.80. The topological polar surface area (TPSA) is 54.5 Å². The molecule has 16 heavy (non-hydrogen) atoms. The highest BCUT2D eigenvalue weighted by Gasteiger charge is 2.07. The van der Waals surface area contributed by atoms with Crippen LogP contribution in [0.2, 0.25) is 0 Å². The minimum atomic E-state index is 0.380. The van der Waals surface area contributed by atoms with Crippen molar-refractivity contribution in [2.45, 2.75) is 12.1 Å². The molecule has 1 aromatic heterocycles. The molecule has 0 unspecified atom stereocenters. The quantitative estimate of drug-likeness (QED) is 0.758. The number of hydrogen-bond acceptors (Lipinski definition) is 4. The molecule has 0 atom stereocenters. The zero-order chi connectivity index (χ0) is 11.4. The van der Waals surface area contributed by atoms with Crippen LogP contribution in [0, 0.1) is 18.3 Å². The molecule has 0 bridgehead atoms. The lowest BCUT2D eigenvalue weighted by Crippen LogP contribution is -1.97. The van der Waals surface area contributed by atoms with Gasteiger partial charge in [-0.05, 0) is 18.6 Å². The van der Waals surface area contributed by atoms with Crippen LogP contribution < -0.4 is 0 Å². The number of aryl methyl sites for hydroxylation is 1. The molecular weight excluding hydrogens is 220 g/mol. The number of thioether (sulfide) groups is 1. The minimum absolute atomic E-state index is 0.380. The number of aromatic nitrogens is 3. The Morgan fingerprint density at radius 1 is 1.44 bits per heavy atom. The smallest absolute Gasteiger partial charge is 0.196 e. The molecule has 0 saturated heterocycles. The Morgan fingerprint density at radius 2 is 2.25 bits per heavy atom. The van der Waals surface area contributed by atoms with E-state index < -0.39 is 0 Å². The van der Waals surface area contributed by atoms with Crippen molar-refractivity contribution < 1.29 is 0 Å². The highest BCUT2D eigenvalue weighted by Crippen LogP contribution is 2.20. The van der Waals surface area contributed by atoms with E-state index in [1.54, 1.807) is 6.33 Å². The van der Waals surface area contributed by atoms with E-state index >= 15 is 0 Å². The summed E-state index contributed by atoms with van der Waals surface area (Å²) in [5.41, 5.74) is 2.20. The summed E-state index contributed by atoms with van der Waals surface area (Å²) in [6.07, 6.45) is 1.67. The second-order valence-corrected chi connectivity index (χ2v) is 4.16. The first-order chi connectivity index (χ1) is 7.83. The molecule has 0 radical (unpaired) electrons. The van der Waals surface area contributed by atoms with Crippen molar-refractivity contribution in [3.63, 3.8) is 0 Å². The van der Waals surface area contributed by atoms with Gasteiger partial charge in [0.1, 0.15) is 6.33 Å². The van der Waals surface area contributed by atoms with Crippen molar-refractivity contribution in [3.05, 3.63) is 36.2 Å². The van der Waals surface area contributed by atoms with Crippen LogP contribution in [0.3, 0.4) is 0 Å². The summed E-state index contributed by atoms with van der Waals surface area (Å²) in [5.74, 6) is 0.380. The van der Waals surface area contributed by atoms with Gasteiger partial charge in [0.15, 0.2) is 5.16 Å². The third kappa shape index (κ3) is 2.07. The SMILES string of the molecule is Cc1ccccc1-n1cnnc1SCC#N. The fourth-order valence-electron chi connectivity index (χ4n) is 1.42. The van der Waals surface area contributed by atoms with E-state index in [1.165, 1.54) is 11.8 Å². The van der Waals surface area contributed by atoms with Crippen LogP contribution in [-0.4, -0.2) is 20.5 Å². The molecule has 0 aliphatic rings. The molecule has 0 aliphatic heterocycles. The van der Waals surface area contributed by atoms with Crippen molar-refractivity contribution in [2.24, 2.45) is 0 Å². The molecule has 0 fully saturated rings. The molecule has 4 nitrogen and oxygen atoms in total. The summed E-state index contributed by atoms with van der Waals surface area (Å²) in [5, 5.41) is 17.2. The number of nitriles is 1. The molecule has 0 N–H and O–H groups in total. The highest BCUT2D eigenvalue weighted by molar-refractivity contribution is 7.99. The van der Waals surface area contributed by atoms with Crippen molar-refractivity contribution in [1.82, 2.24) is 14.8 Å². The van der Waals surface area contributed by atoms with Gasteiger partial charge in [-0.15, -0.1) is 10.2 Å². The zero-order valence-corrected chi connectivity index (χ0v) is 9.61. The van der Waals surface area contributed by atoms with E-state index in [4.69, 9.17) is 5.26 Å². The largest absolute Gasteiger partial charge is 0.276 e. The van der Waals surface area contributed by atoms with Crippen LogP contribution in [0.25, 0.3) is 5.69 Å². The second kappa shape index (κ2) is 4.81. The minimum Gasteiger partial charge on any atom is -0.276 e. The van der Waals surface area contributed by atoms with Gasteiger partial charge in [-0.2, -0.15) is 5.26 Å². The Balaban J connectivity index is 2.38. The predicted octanol–water partition coefficient (Wildman–Crippen LogP) is 2.19. The van der Waals surface area contributed by atoms with E-state index in [-0.39, 0.29) is 0 Å². The van der Waals surface area contributed by atoms with Gasteiger partial charge >= 0.3 is 0 Å². The third-order valence-electron chi connectivity index (χ3n) is 2.16. The third-order valence-corrected chi connectivity index (χ3v) is 2.97. The molecule has 2 aromatic rings. The van der Waals surface area contributed by atoms with Gasteiger partial charge in [-0.3, -0.25) is 4.57 Å². The lowest BCUT2D eigenvalue weighted by Gasteiger charge is -2.07. The fourth-order valence-corrected chi connectivity index (χ4v) is 2.00. The van der Waals surface area contributed by atoms with Crippen LogP contribution >= 0.6 is 11.8 Å². The summed E-state index contributed by atoms with van der Waals surface area (Å²) in [6.45, 7) is 2.04. The highest BCUT2D eigenvalue weighted by atomic mass is 32.2. The van der Waals surface area contributed by atoms with Gasteiger partial charge in [0, 0.05) is 0 Å². The lowest BCUT2D eigenvalue weighted by atomic mass is 10.2. The van der Waals surface area contributed by atoms with Crippen LogP contribution in [0.1, 0.15) is 5.56 Å². The van der Waals surface area contributed by atoms with Crippen molar-refractivity contribution in [2.75, 3.05) is 5.75 Å². The number of rotatable bonds is 3. The zero-order valence-electron chi connectivity index (χ0n) is 8.79. The first-order valence-corrected chi connectivity index (χ1v) is 5.77. The maximum atomic E-state index is 8.55. The number of benzene rings is 1. The molecule has 2 rings (SSSR count). The van der Waals surface area contributed by atoms with E-state index in [9.17, 15) is 0 Å². The van der Waals surface area contributed by atoms with E-state index in [1.807, 2.05) is 35.8 Å². The maximum absolute atomic E-state index is 8.55. The maximum Gasteiger partial charge on any atom is 0.196 e. The Morgan fingerprint density at radius 3 is 3.00 bits per heavy atom. The fraction of sp³-hybridized carbons (Fsp3) is 0.182. The summed E-state index contributed by atoms with van der Waals surface area (Å²) in [7, 11) is 0. The normalized spacial score (nSPS) is 10.0. The molecule has 5 heteroatoms. The van der Waals surface area contributed by atoms with E-state index in [0.717, 1.165) is 16.4 Å². The van der Waals surface area contributed by atoms with E-state index in [0.29, 0.717) is 5.75 Å². The standard InChI is InChI=1S/C11H10N4S/c1-9-4-2-3-5-10(9)15-8-13-14-11(15)16-7-6-12/h2-5,8H,7H2,1H3. The van der Waals surface area contributed by atoms with Gasteiger partial charge in [-0.1, -0.05) is 30.0 Å². The number of hydrogen-bond donors (Lipinski definition) is 0. The second-order valence-electron chi connectivity index (χ2n) is 3.22. The van der Waals surface area contributed by atoms with Crippen molar-refractivity contribution in [1.29, 1.82) is 5.26 Å². The number of nitrogens with zero attached hydrogens (tertiary/aromatic N) is 4. The Labute approximate surface area is 97.9 Å². The molecule has 80 valence electrons. The van der Waals surface area contributed by atoms with Gasteiger partial charge in [0.25, 0.3) is 0 Å². The summed E-state index contributed by atoms with van der Waals surface area (Å²) in [4.78, 5) is 0. The van der Waals surface area contributed by atoms with E-state index in [2.05, 4.69) is 16.3 Å². The van der Waals surface area contributed by atoms with Crippen molar-refractivity contribution in [3.8, 4) is 11.8 Å². The average molecular weight is 230 g/mol. The predicted molar refractivity (Wildman–Crippen MR) is 62.4 cm³/mol. The van der Waals surface area contributed by atoms with Crippen LogP contribution in [0.4, 0.5) is 0 Å². The first kappa shape index (κ1) is 10.7. The Bertz CT molecular complexity index is 527. The van der Waals surface area contributed by atoms with Crippen LogP contribution in [-0.2, 0) is 0 Å². The lowest BCUT2D eigenvalue weighted by molar-refractivity contribution is 0.879. The number of para-hydroxylation sites is 1. The van der Waals surface area contributed by atoms with Gasteiger partial charge in [0.05, 0.1) is 17.5 Å². The first-order valence-electron chi connectivity index (χ1n) is 4.78. The van der Waals surface area contributed by atoms with Crippen LogP contribution in [0.5, 0.6) is 0 Å². The summed E-state index contributed by atoms with van der Waals surface area (Å²) >= 11 is 1.39. The van der Waals surface area contributed by atoms with Crippen molar-refractivity contribution >= 4 is 11.8 Å². The molecular formula is C11H10N4S. The monoisotopic (exact) mass is 230 g/mol. The van der Waals surface area contributed by atoms with Gasteiger partial charge in [0.2, 0.25) is 0 Å². The van der Waals surface area contributed by atoms with Gasteiger partial charge < -0.3 is 0 Å². The Kier molecular flexibility index (Phi) is 3.22. The summed E-state index contributed by atoms with van der Waals surface area (Å²) in [6, 6.07) is 10.1.